The molecule has 0 saturated carbocycles. The zero-order valence-electron chi connectivity index (χ0n) is 12.2. The largest absolute Gasteiger partial charge is 0.489 e. The fourth-order valence-corrected chi connectivity index (χ4v) is 2.03. The molecule has 0 atom stereocenters. The summed E-state index contributed by atoms with van der Waals surface area (Å²) >= 11 is 0. The van der Waals surface area contributed by atoms with Gasteiger partial charge in [0.05, 0.1) is 0 Å². The Hall–Kier alpha value is -1.94. The molecule has 0 bridgehead atoms. The molecule has 0 amide bonds. The van der Waals surface area contributed by atoms with E-state index >= 15 is 0 Å². The first-order valence-electron chi connectivity index (χ1n) is 6.96. The van der Waals surface area contributed by atoms with Crippen LogP contribution in [0.15, 0.2) is 36.4 Å². The maximum Gasteiger partial charge on any atom is 0.127 e. The molecule has 0 unspecified atom stereocenters. The zero-order valence-corrected chi connectivity index (χ0v) is 12.2. The molecule has 4 heteroatoms. The summed E-state index contributed by atoms with van der Waals surface area (Å²) in [5.74, 6) is -0.186. The Balaban J connectivity index is 2.08. The van der Waals surface area contributed by atoms with Crippen LogP contribution >= 0.6 is 0 Å². The summed E-state index contributed by atoms with van der Waals surface area (Å²) in [6, 6.07) is 9.16. The first-order chi connectivity index (χ1) is 10.1. The normalized spacial score (nSPS) is 10.7. The monoisotopic (exact) mass is 291 g/mol. The minimum atomic E-state index is -0.337. The summed E-state index contributed by atoms with van der Waals surface area (Å²) in [6.07, 6.45) is 0. The summed E-state index contributed by atoms with van der Waals surface area (Å²) < 4.78 is 32.4. The summed E-state index contributed by atoms with van der Waals surface area (Å²) in [6.45, 7) is 5.50. The number of nitrogens with one attached hydrogen (secondary N) is 1. The molecule has 2 aromatic carbocycles. The van der Waals surface area contributed by atoms with E-state index < -0.39 is 0 Å². The summed E-state index contributed by atoms with van der Waals surface area (Å²) in [5, 5.41) is 3.14. The smallest absolute Gasteiger partial charge is 0.127 e. The van der Waals surface area contributed by atoms with Crippen LogP contribution in [-0.4, -0.2) is 6.54 Å². The Kier molecular flexibility index (Phi) is 5.28. The van der Waals surface area contributed by atoms with Crippen molar-refractivity contribution < 1.29 is 13.5 Å². The number of hydrogen-bond donors (Lipinski definition) is 1. The number of rotatable bonds is 6. The third-order valence-electron chi connectivity index (χ3n) is 3.22. The highest BCUT2D eigenvalue weighted by molar-refractivity contribution is 5.31. The molecule has 0 radical (unpaired) electrons. The standard InChI is InChI=1S/C17H19F2NO/c1-3-20-10-13-6-16(19)9-17(7-13)21-11-14-8-15(18)5-4-12(14)2/h4-9,20H,3,10-11H2,1-2H3. The van der Waals surface area contributed by atoms with Crippen molar-refractivity contribution in [1.82, 2.24) is 5.32 Å². The second-order valence-electron chi connectivity index (χ2n) is 4.93. The van der Waals surface area contributed by atoms with E-state index in [2.05, 4.69) is 5.32 Å². The van der Waals surface area contributed by atoms with Crippen molar-refractivity contribution in [3.05, 3.63) is 64.7 Å². The van der Waals surface area contributed by atoms with E-state index in [1.165, 1.54) is 24.3 Å². The van der Waals surface area contributed by atoms with Crippen LogP contribution in [0, 0.1) is 18.6 Å². The van der Waals surface area contributed by atoms with E-state index in [0.29, 0.717) is 12.3 Å². The van der Waals surface area contributed by atoms with Crippen molar-refractivity contribution in [2.75, 3.05) is 6.54 Å². The second-order valence-corrected chi connectivity index (χ2v) is 4.93. The van der Waals surface area contributed by atoms with Crippen molar-refractivity contribution in [2.24, 2.45) is 0 Å². The van der Waals surface area contributed by atoms with E-state index in [4.69, 9.17) is 4.74 Å². The molecule has 0 aliphatic carbocycles. The molecule has 2 aromatic rings. The van der Waals surface area contributed by atoms with Gasteiger partial charge in [-0.15, -0.1) is 0 Å². The van der Waals surface area contributed by atoms with Crippen LogP contribution in [0.3, 0.4) is 0 Å². The van der Waals surface area contributed by atoms with Crippen molar-refractivity contribution in [1.29, 1.82) is 0 Å². The number of ether oxygens (including phenoxy) is 1. The van der Waals surface area contributed by atoms with Crippen LogP contribution in [0.2, 0.25) is 0 Å². The van der Waals surface area contributed by atoms with Gasteiger partial charge < -0.3 is 10.1 Å². The van der Waals surface area contributed by atoms with Gasteiger partial charge in [0.2, 0.25) is 0 Å². The van der Waals surface area contributed by atoms with Crippen LogP contribution in [0.25, 0.3) is 0 Å². The van der Waals surface area contributed by atoms with Gasteiger partial charge in [-0.1, -0.05) is 13.0 Å². The third-order valence-corrected chi connectivity index (χ3v) is 3.22. The lowest BCUT2D eigenvalue weighted by atomic mass is 10.1. The molecule has 0 aliphatic rings. The Morgan fingerprint density at radius 3 is 2.62 bits per heavy atom. The molecule has 2 nitrogen and oxygen atoms in total. The van der Waals surface area contributed by atoms with Gasteiger partial charge in [0.15, 0.2) is 0 Å². The Morgan fingerprint density at radius 1 is 1.05 bits per heavy atom. The molecular formula is C17H19F2NO. The van der Waals surface area contributed by atoms with Gasteiger partial charge in [-0.25, -0.2) is 8.78 Å². The number of aryl methyl sites for hydroxylation is 1. The number of benzene rings is 2. The van der Waals surface area contributed by atoms with E-state index in [1.807, 2.05) is 13.8 Å². The highest BCUT2D eigenvalue weighted by Crippen LogP contribution is 2.19. The van der Waals surface area contributed by atoms with Crippen LogP contribution in [0.1, 0.15) is 23.6 Å². The zero-order chi connectivity index (χ0) is 15.2. The molecule has 0 spiro atoms. The Morgan fingerprint density at radius 2 is 1.86 bits per heavy atom. The minimum Gasteiger partial charge on any atom is -0.489 e. The average Bonchev–Trinajstić information content (AvgIpc) is 2.45. The molecular weight excluding hydrogens is 272 g/mol. The molecule has 2 rings (SSSR count). The van der Waals surface area contributed by atoms with Gasteiger partial charge in [-0.05, 0) is 54.4 Å². The predicted molar refractivity (Wildman–Crippen MR) is 79.2 cm³/mol. The molecule has 0 aliphatic heterocycles. The second kappa shape index (κ2) is 7.18. The molecule has 0 heterocycles. The molecule has 0 fully saturated rings. The summed E-state index contributed by atoms with van der Waals surface area (Å²) in [4.78, 5) is 0. The van der Waals surface area contributed by atoms with Gasteiger partial charge in [-0.2, -0.15) is 0 Å². The van der Waals surface area contributed by atoms with E-state index in [1.54, 1.807) is 12.1 Å². The van der Waals surface area contributed by atoms with Gasteiger partial charge in [0.25, 0.3) is 0 Å². The lowest BCUT2D eigenvalue weighted by Gasteiger charge is -2.11. The molecule has 21 heavy (non-hydrogen) atoms. The highest BCUT2D eigenvalue weighted by atomic mass is 19.1. The maximum absolute atomic E-state index is 13.6. The highest BCUT2D eigenvalue weighted by Gasteiger charge is 2.05. The first-order valence-corrected chi connectivity index (χ1v) is 6.96. The Labute approximate surface area is 123 Å². The number of halogens is 2. The van der Waals surface area contributed by atoms with E-state index in [-0.39, 0.29) is 18.2 Å². The van der Waals surface area contributed by atoms with Gasteiger partial charge in [-0.3, -0.25) is 0 Å². The van der Waals surface area contributed by atoms with Crippen LogP contribution in [0.5, 0.6) is 5.75 Å². The first kappa shape index (κ1) is 15.4. The SMILES string of the molecule is CCNCc1cc(F)cc(OCc2cc(F)ccc2C)c1. The average molecular weight is 291 g/mol. The van der Waals surface area contributed by atoms with Crippen LogP contribution < -0.4 is 10.1 Å². The fraction of sp³-hybridized carbons (Fsp3) is 0.294. The van der Waals surface area contributed by atoms with Crippen molar-refractivity contribution >= 4 is 0 Å². The third kappa shape index (κ3) is 4.53. The molecule has 112 valence electrons. The number of hydrogen-bond acceptors (Lipinski definition) is 2. The summed E-state index contributed by atoms with van der Waals surface area (Å²) in [5.41, 5.74) is 2.52. The molecule has 0 aromatic heterocycles. The van der Waals surface area contributed by atoms with Crippen molar-refractivity contribution in [2.45, 2.75) is 27.0 Å². The van der Waals surface area contributed by atoms with Crippen LogP contribution in [-0.2, 0) is 13.2 Å². The molecule has 1 N–H and O–H groups in total. The van der Waals surface area contributed by atoms with Crippen LogP contribution in [0.4, 0.5) is 8.78 Å². The lowest BCUT2D eigenvalue weighted by molar-refractivity contribution is 0.302. The fourth-order valence-electron chi connectivity index (χ4n) is 2.03. The van der Waals surface area contributed by atoms with Gasteiger partial charge >= 0.3 is 0 Å². The predicted octanol–water partition coefficient (Wildman–Crippen LogP) is 3.96. The van der Waals surface area contributed by atoms with Gasteiger partial charge in [0.1, 0.15) is 24.0 Å². The van der Waals surface area contributed by atoms with Crippen molar-refractivity contribution in [3.8, 4) is 5.75 Å². The van der Waals surface area contributed by atoms with Gasteiger partial charge in [0, 0.05) is 12.6 Å². The lowest BCUT2D eigenvalue weighted by Crippen LogP contribution is -2.12. The topological polar surface area (TPSA) is 21.3 Å². The summed E-state index contributed by atoms with van der Waals surface area (Å²) in [7, 11) is 0. The van der Waals surface area contributed by atoms with Crippen molar-refractivity contribution in [3.63, 3.8) is 0 Å². The Bertz CT molecular complexity index is 614. The van der Waals surface area contributed by atoms with E-state index in [9.17, 15) is 8.78 Å². The quantitative estimate of drug-likeness (QED) is 0.869. The molecule has 0 saturated heterocycles. The minimum absolute atomic E-state index is 0.216. The van der Waals surface area contributed by atoms with E-state index in [0.717, 1.165) is 23.2 Å². The maximum atomic E-state index is 13.6.